The lowest BCUT2D eigenvalue weighted by molar-refractivity contribution is -0.139. The average molecular weight is 459 g/mol. The Kier molecular flexibility index (Phi) is 11.1. The van der Waals surface area contributed by atoms with E-state index in [0.717, 1.165) is 30.0 Å². The fourth-order valence-corrected chi connectivity index (χ4v) is 3.07. The lowest BCUT2D eigenvalue weighted by Crippen LogP contribution is -2.11. The van der Waals surface area contributed by atoms with Crippen molar-refractivity contribution in [3.63, 3.8) is 0 Å². The van der Waals surface area contributed by atoms with Gasteiger partial charge in [0.15, 0.2) is 11.5 Å². The zero-order chi connectivity index (χ0) is 24.1. The number of phenolic OH excluding ortho intramolecular Hbond substituents is 1. The number of carbonyl (C=O) groups excluding carboxylic acids is 1. The molecular formula is C26H34O7. The SMILES string of the molecule is C=CC(=O)OCCOC(C)c1ccc(OCCc2ccc(O)cc2OC)c(OCCCC)c1. The Morgan fingerprint density at radius 1 is 1.03 bits per heavy atom. The van der Waals surface area contributed by atoms with E-state index < -0.39 is 5.97 Å². The molecule has 0 saturated heterocycles. The van der Waals surface area contributed by atoms with Gasteiger partial charge in [-0.15, -0.1) is 0 Å². The summed E-state index contributed by atoms with van der Waals surface area (Å²) in [5.74, 6) is 1.63. The van der Waals surface area contributed by atoms with Crippen LogP contribution in [-0.2, 0) is 20.7 Å². The van der Waals surface area contributed by atoms with Crippen molar-refractivity contribution in [1.82, 2.24) is 0 Å². The van der Waals surface area contributed by atoms with E-state index in [1.807, 2.05) is 31.2 Å². The molecule has 0 bridgehead atoms. The highest BCUT2D eigenvalue weighted by molar-refractivity contribution is 5.81. The second-order valence-corrected chi connectivity index (χ2v) is 7.39. The van der Waals surface area contributed by atoms with Crippen LogP contribution in [0.2, 0.25) is 0 Å². The van der Waals surface area contributed by atoms with E-state index in [2.05, 4.69) is 13.5 Å². The Morgan fingerprint density at radius 3 is 2.55 bits per heavy atom. The van der Waals surface area contributed by atoms with Crippen LogP contribution in [0.25, 0.3) is 0 Å². The Hall–Kier alpha value is -3.19. The van der Waals surface area contributed by atoms with E-state index >= 15 is 0 Å². The molecule has 0 aliphatic carbocycles. The van der Waals surface area contributed by atoms with Crippen molar-refractivity contribution >= 4 is 5.97 Å². The van der Waals surface area contributed by atoms with Crippen LogP contribution < -0.4 is 14.2 Å². The van der Waals surface area contributed by atoms with Gasteiger partial charge in [0, 0.05) is 18.6 Å². The number of rotatable bonds is 15. The molecule has 7 nitrogen and oxygen atoms in total. The van der Waals surface area contributed by atoms with E-state index in [-0.39, 0.29) is 25.1 Å². The highest BCUT2D eigenvalue weighted by Crippen LogP contribution is 2.32. The van der Waals surface area contributed by atoms with Crippen molar-refractivity contribution in [2.24, 2.45) is 0 Å². The smallest absolute Gasteiger partial charge is 0.330 e. The average Bonchev–Trinajstić information content (AvgIpc) is 2.83. The predicted octanol–water partition coefficient (Wildman–Crippen LogP) is 5.01. The Morgan fingerprint density at radius 2 is 1.82 bits per heavy atom. The number of methoxy groups -OCH3 is 1. The van der Waals surface area contributed by atoms with Crippen molar-refractivity contribution < 1.29 is 33.6 Å². The van der Waals surface area contributed by atoms with Crippen LogP contribution in [-0.4, -0.2) is 44.6 Å². The third kappa shape index (κ3) is 8.69. The van der Waals surface area contributed by atoms with Crippen molar-refractivity contribution in [2.45, 2.75) is 39.2 Å². The molecule has 2 rings (SSSR count). The summed E-state index contributed by atoms with van der Waals surface area (Å²) in [5.41, 5.74) is 1.88. The normalized spacial score (nSPS) is 11.5. The van der Waals surface area contributed by atoms with E-state index in [4.69, 9.17) is 23.7 Å². The number of hydrogen-bond acceptors (Lipinski definition) is 7. The zero-order valence-corrected chi connectivity index (χ0v) is 19.7. The molecule has 33 heavy (non-hydrogen) atoms. The number of phenols is 1. The molecule has 180 valence electrons. The largest absolute Gasteiger partial charge is 0.508 e. The number of esters is 1. The first-order valence-corrected chi connectivity index (χ1v) is 11.1. The number of unbranched alkanes of at least 4 members (excludes halogenated alkanes) is 1. The highest BCUT2D eigenvalue weighted by atomic mass is 16.6. The van der Waals surface area contributed by atoms with Gasteiger partial charge in [-0.1, -0.05) is 32.1 Å². The number of carbonyl (C=O) groups is 1. The predicted molar refractivity (Wildman–Crippen MR) is 126 cm³/mol. The molecule has 0 amide bonds. The van der Waals surface area contributed by atoms with Crippen LogP contribution in [0.4, 0.5) is 0 Å². The molecule has 0 fully saturated rings. The molecule has 0 aromatic heterocycles. The molecule has 0 saturated carbocycles. The molecule has 0 spiro atoms. The molecule has 1 unspecified atom stereocenters. The minimum Gasteiger partial charge on any atom is -0.508 e. The third-order valence-corrected chi connectivity index (χ3v) is 4.95. The lowest BCUT2D eigenvalue weighted by atomic mass is 10.1. The Labute approximate surface area is 195 Å². The van der Waals surface area contributed by atoms with Gasteiger partial charge in [0.2, 0.25) is 0 Å². The Bertz CT molecular complexity index is 894. The standard InChI is InChI=1S/C26H34O7/c1-5-7-13-31-25-17-21(19(3)30-15-16-33-26(28)6-2)9-11-23(25)32-14-12-20-8-10-22(27)18-24(20)29-4/h6,8-11,17-19,27H,2,5,7,12-16H2,1,3-4H3. The highest BCUT2D eigenvalue weighted by Gasteiger charge is 2.13. The second kappa shape index (κ2) is 14.1. The minimum absolute atomic E-state index is 0.161. The second-order valence-electron chi connectivity index (χ2n) is 7.39. The van der Waals surface area contributed by atoms with E-state index in [9.17, 15) is 9.90 Å². The van der Waals surface area contributed by atoms with E-state index in [1.165, 1.54) is 0 Å². The summed E-state index contributed by atoms with van der Waals surface area (Å²) in [7, 11) is 1.57. The first kappa shape index (κ1) is 26.1. The van der Waals surface area contributed by atoms with Crippen LogP contribution in [0.1, 0.15) is 43.9 Å². The maximum Gasteiger partial charge on any atom is 0.330 e. The first-order valence-electron chi connectivity index (χ1n) is 11.1. The van der Waals surface area contributed by atoms with Crippen molar-refractivity contribution in [3.8, 4) is 23.0 Å². The van der Waals surface area contributed by atoms with Gasteiger partial charge in [-0.25, -0.2) is 4.79 Å². The summed E-state index contributed by atoms with van der Waals surface area (Å²) in [5, 5.41) is 9.62. The van der Waals surface area contributed by atoms with Crippen LogP contribution in [0, 0.1) is 0 Å². The van der Waals surface area contributed by atoms with Gasteiger partial charge in [-0.05, 0) is 42.7 Å². The maximum atomic E-state index is 11.1. The fourth-order valence-electron chi connectivity index (χ4n) is 3.07. The number of ether oxygens (including phenoxy) is 5. The molecule has 0 aliphatic rings. The molecule has 2 aromatic carbocycles. The third-order valence-electron chi connectivity index (χ3n) is 4.95. The molecule has 7 heteroatoms. The van der Waals surface area contributed by atoms with Gasteiger partial charge < -0.3 is 28.8 Å². The van der Waals surface area contributed by atoms with Gasteiger partial charge in [-0.2, -0.15) is 0 Å². The lowest BCUT2D eigenvalue weighted by Gasteiger charge is -2.18. The molecule has 1 atom stereocenters. The molecule has 1 N–H and O–H groups in total. The summed E-state index contributed by atoms with van der Waals surface area (Å²) in [6.45, 7) is 8.86. The monoisotopic (exact) mass is 458 g/mol. The quantitative estimate of drug-likeness (QED) is 0.228. The molecular weight excluding hydrogens is 424 g/mol. The first-order chi connectivity index (χ1) is 16.0. The summed E-state index contributed by atoms with van der Waals surface area (Å²) in [4.78, 5) is 11.1. The maximum absolute atomic E-state index is 11.1. The fraction of sp³-hybridized carbons (Fsp3) is 0.423. The van der Waals surface area contributed by atoms with E-state index in [1.54, 1.807) is 19.2 Å². The van der Waals surface area contributed by atoms with Gasteiger partial charge in [-0.3, -0.25) is 0 Å². The van der Waals surface area contributed by atoms with Gasteiger partial charge >= 0.3 is 5.97 Å². The van der Waals surface area contributed by atoms with Gasteiger partial charge in [0.1, 0.15) is 18.1 Å². The van der Waals surface area contributed by atoms with E-state index in [0.29, 0.717) is 36.9 Å². The van der Waals surface area contributed by atoms with Crippen molar-refractivity contribution in [3.05, 3.63) is 60.2 Å². The number of aromatic hydroxyl groups is 1. The minimum atomic E-state index is -0.468. The van der Waals surface area contributed by atoms with Crippen LogP contribution in [0.5, 0.6) is 23.0 Å². The van der Waals surface area contributed by atoms with Crippen LogP contribution in [0.15, 0.2) is 49.1 Å². The zero-order valence-electron chi connectivity index (χ0n) is 19.7. The summed E-state index contributed by atoms with van der Waals surface area (Å²) in [6.07, 6.45) is 3.49. The summed E-state index contributed by atoms with van der Waals surface area (Å²) in [6, 6.07) is 10.8. The molecule has 2 aromatic rings. The molecule has 0 radical (unpaired) electrons. The van der Waals surface area contributed by atoms with Crippen LogP contribution >= 0.6 is 0 Å². The Balaban J connectivity index is 2.01. The topological polar surface area (TPSA) is 83.5 Å². The number of hydrogen-bond donors (Lipinski definition) is 1. The summed E-state index contributed by atoms with van der Waals surface area (Å²) >= 11 is 0. The van der Waals surface area contributed by atoms with Crippen molar-refractivity contribution in [2.75, 3.05) is 33.5 Å². The molecule has 0 aliphatic heterocycles. The van der Waals surface area contributed by atoms with Crippen LogP contribution in [0.3, 0.4) is 0 Å². The summed E-state index contributed by atoms with van der Waals surface area (Å²) < 4.78 is 28.1. The van der Waals surface area contributed by atoms with Gasteiger partial charge in [0.05, 0.1) is 33.0 Å². The van der Waals surface area contributed by atoms with Gasteiger partial charge in [0.25, 0.3) is 0 Å². The number of benzene rings is 2. The van der Waals surface area contributed by atoms with Crippen molar-refractivity contribution in [1.29, 1.82) is 0 Å². The molecule has 0 heterocycles.